The molecule has 20 heavy (non-hydrogen) atoms. The molecule has 0 saturated heterocycles. The lowest BCUT2D eigenvalue weighted by Gasteiger charge is -2.08. The fourth-order valence-electron chi connectivity index (χ4n) is 2.17. The number of thiol groups is 1. The minimum absolute atomic E-state index is 0.366. The van der Waals surface area contributed by atoms with Crippen molar-refractivity contribution in [1.29, 1.82) is 5.26 Å². The molecule has 0 aliphatic rings. The Balaban J connectivity index is 2.28. The highest BCUT2D eigenvalue weighted by atomic mass is 32.1. The van der Waals surface area contributed by atoms with Gasteiger partial charge in [-0.15, -0.1) is 12.6 Å². The first kappa shape index (κ1) is 12.7. The quantitative estimate of drug-likeness (QED) is 0.646. The van der Waals surface area contributed by atoms with Gasteiger partial charge in [0.05, 0.1) is 11.6 Å². The van der Waals surface area contributed by atoms with E-state index in [1.165, 1.54) is 18.2 Å². The van der Waals surface area contributed by atoms with E-state index in [-0.39, 0.29) is 5.82 Å². The number of hydrogen-bond acceptors (Lipinski definition) is 2. The minimum atomic E-state index is -0.372. The van der Waals surface area contributed by atoms with Gasteiger partial charge in [-0.2, -0.15) is 5.26 Å². The Morgan fingerprint density at radius 1 is 1.10 bits per heavy atom. The molecule has 0 unspecified atom stereocenters. The van der Waals surface area contributed by atoms with Crippen LogP contribution in [0.5, 0.6) is 0 Å². The van der Waals surface area contributed by atoms with E-state index in [1.54, 1.807) is 0 Å². The van der Waals surface area contributed by atoms with Crippen molar-refractivity contribution in [2.24, 2.45) is 0 Å². The van der Waals surface area contributed by atoms with Crippen LogP contribution in [0, 0.1) is 23.2 Å². The molecule has 1 radical (unpaired) electrons. The molecule has 3 heteroatoms. The lowest BCUT2D eigenvalue weighted by atomic mass is 9.99. The lowest BCUT2D eigenvalue weighted by Crippen LogP contribution is -1.88. The highest BCUT2D eigenvalue weighted by Crippen LogP contribution is 2.31. The van der Waals surface area contributed by atoms with E-state index in [4.69, 9.17) is 5.26 Å². The molecular weight excluding hydrogens is 269 g/mol. The Morgan fingerprint density at radius 2 is 1.90 bits per heavy atom. The van der Waals surface area contributed by atoms with Crippen LogP contribution in [0.25, 0.3) is 21.9 Å². The predicted molar refractivity (Wildman–Crippen MR) is 80.1 cm³/mol. The highest BCUT2D eigenvalue weighted by Gasteiger charge is 2.09. The monoisotopic (exact) mass is 278 g/mol. The predicted octanol–water partition coefficient (Wildman–Crippen LogP) is 4.61. The maximum absolute atomic E-state index is 14.0. The van der Waals surface area contributed by atoms with Crippen LogP contribution in [0.15, 0.2) is 53.4 Å². The third kappa shape index (κ3) is 2.15. The third-order valence-corrected chi connectivity index (χ3v) is 3.51. The fraction of sp³-hybridized carbons (Fsp3) is 0. The van der Waals surface area contributed by atoms with Crippen LogP contribution in [0.3, 0.4) is 0 Å². The smallest absolute Gasteiger partial charge is 0.131 e. The zero-order valence-electron chi connectivity index (χ0n) is 10.4. The molecule has 1 nitrogen and oxygen atoms in total. The summed E-state index contributed by atoms with van der Waals surface area (Å²) in [6.45, 7) is 0. The average molecular weight is 278 g/mol. The molecule has 0 N–H and O–H groups in total. The Kier molecular flexibility index (Phi) is 3.17. The van der Waals surface area contributed by atoms with Crippen molar-refractivity contribution in [3.05, 3.63) is 66.0 Å². The zero-order chi connectivity index (χ0) is 14.1. The van der Waals surface area contributed by atoms with E-state index in [9.17, 15) is 4.39 Å². The molecule has 3 aromatic rings. The molecule has 95 valence electrons. The van der Waals surface area contributed by atoms with Crippen molar-refractivity contribution in [1.82, 2.24) is 0 Å². The number of benzene rings is 3. The molecule has 3 rings (SSSR count). The second-order valence-corrected chi connectivity index (χ2v) is 4.87. The first-order chi connectivity index (χ1) is 9.69. The van der Waals surface area contributed by atoms with Crippen molar-refractivity contribution in [2.75, 3.05) is 0 Å². The molecule has 0 atom stereocenters. The van der Waals surface area contributed by atoms with Gasteiger partial charge in [0.15, 0.2) is 0 Å². The molecule has 0 aliphatic heterocycles. The summed E-state index contributed by atoms with van der Waals surface area (Å²) < 4.78 is 14.0. The number of fused-ring (bicyclic) bond motifs is 1. The summed E-state index contributed by atoms with van der Waals surface area (Å²) in [4.78, 5) is 0.667. The second-order valence-electron chi connectivity index (χ2n) is 4.43. The van der Waals surface area contributed by atoms with Crippen LogP contribution in [0.4, 0.5) is 4.39 Å². The van der Waals surface area contributed by atoms with Crippen LogP contribution in [0.1, 0.15) is 5.56 Å². The van der Waals surface area contributed by atoms with E-state index in [0.29, 0.717) is 21.6 Å². The van der Waals surface area contributed by atoms with Gasteiger partial charge >= 0.3 is 0 Å². The van der Waals surface area contributed by atoms with Gasteiger partial charge in [-0.05, 0) is 40.6 Å². The topological polar surface area (TPSA) is 23.8 Å². The van der Waals surface area contributed by atoms with Crippen molar-refractivity contribution < 1.29 is 4.39 Å². The molecule has 0 aromatic heterocycles. The summed E-state index contributed by atoms with van der Waals surface area (Å²) in [7, 11) is 0. The maximum atomic E-state index is 14.0. The van der Waals surface area contributed by atoms with Crippen LogP contribution in [-0.4, -0.2) is 0 Å². The SMILES string of the molecule is N#Cc1ccc(F)c(-c2[c]c(S)c3ccccc3c2)c1. The molecule has 0 aliphatic carbocycles. The van der Waals surface area contributed by atoms with E-state index in [1.807, 2.05) is 36.4 Å². The molecule has 0 bridgehead atoms. The zero-order valence-corrected chi connectivity index (χ0v) is 11.3. The van der Waals surface area contributed by atoms with Gasteiger partial charge in [0.25, 0.3) is 0 Å². The van der Waals surface area contributed by atoms with Gasteiger partial charge in [0.1, 0.15) is 5.82 Å². The maximum Gasteiger partial charge on any atom is 0.131 e. The summed E-state index contributed by atoms with van der Waals surface area (Å²) in [6, 6.07) is 19.0. The van der Waals surface area contributed by atoms with Crippen molar-refractivity contribution >= 4 is 23.4 Å². The number of nitriles is 1. The van der Waals surface area contributed by atoms with E-state index in [0.717, 1.165) is 10.8 Å². The van der Waals surface area contributed by atoms with Gasteiger partial charge in [-0.1, -0.05) is 24.3 Å². The molecule has 0 amide bonds. The standard InChI is InChI=1S/C17H9FNS/c18-16-6-5-11(10-19)7-15(16)13-8-12-3-1-2-4-14(12)17(20)9-13/h1-8,20H. The molecule has 0 saturated carbocycles. The largest absolute Gasteiger partial charge is 0.206 e. The minimum Gasteiger partial charge on any atom is -0.206 e. The molecule has 3 aromatic carbocycles. The Hall–Kier alpha value is -2.31. The first-order valence-electron chi connectivity index (χ1n) is 6.03. The highest BCUT2D eigenvalue weighted by molar-refractivity contribution is 7.80. The van der Waals surface area contributed by atoms with Crippen molar-refractivity contribution in [3.8, 4) is 17.2 Å². The van der Waals surface area contributed by atoms with E-state index >= 15 is 0 Å². The number of hydrogen-bond donors (Lipinski definition) is 1. The summed E-state index contributed by atoms with van der Waals surface area (Å²) in [5.74, 6) is -0.372. The lowest BCUT2D eigenvalue weighted by molar-refractivity contribution is 0.631. The molecular formula is C17H9FNS. The van der Waals surface area contributed by atoms with Gasteiger partial charge in [-0.3, -0.25) is 0 Å². The summed E-state index contributed by atoms with van der Waals surface area (Å²) in [6.07, 6.45) is 0. The second kappa shape index (κ2) is 4.99. The van der Waals surface area contributed by atoms with Gasteiger partial charge in [0, 0.05) is 16.5 Å². The average Bonchev–Trinajstić information content (AvgIpc) is 2.48. The van der Waals surface area contributed by atoms with Crippen LogP contribution < -0.4 is 0 Å². The number of rotatable bonds is 1. The van der Waals surface area contributed by atoms with Crippen LogP contribution in [-0.2, 0) is 0 Å². The van der Waals surface area contributed by atoms with Gasteiger partial charge in [0.2, 0.25) is 0 Å². The Bertz CT molecular complexity index is 849. The molecule has 0 heterocycles. The van der Waals surface area contributed by atoms with E-state index < -0.39 is 0 Å². The first-order valence-corrected chi connectivity index (χ1v) is 6.48. The van der Waals surface area contributed by atoms with Crippen LogP contribution >= 0.6 is 12.6 Å². The Labute approximate surface area is 121 Å². The number of nitrogens with zero attached hydrogens (tertiary/aromatic N) is 1. The van der Waals surface area contributed by atoms with Crippen LogP contribution in [0.2, 0.25) is 0 Å². The number of halogens is 1. The van der Waals surface area contributed by atoms with E-state index in [2.05, 4.69) is 18.7 Å². The summed E-state index contributed by atoms with van der Waals surface area (Å²) >= 11 is 4.41. The summed E-state index contributed by atoms with van der Waals surface area (Å²) in [5.41, 5.74) is 1.39. The normalized spacial score (nSPS) is 10.4. The van der Waals surface area contributed by atoms with Crippen molar-refractivity contribution in [3.63, 3.8) is 0 Å². The molecule has 0 fully saturated rings. The van der Waals surface area contributed by atoms with Crippen molar-refractivity contribution in [2.45, 2.75) is 4.90 Å². The molecule has 0 spiro atoms. The fourth-order valence-corrected chi connectivity index (χ4v) is 2.50. The van der Waals surface area contributed by atoms with Gasteiger partial charge < -0.3 is 0 Å². The van der Waals surface area contributed by atoms with Gasteiger partial charge in [-0.25, -0.2) is 4.39 Å². The Morgan fingerprint density at radius 3 is 2.70 bits per heavy atom. The summed E-state index contributed by atoms with van der Waals surface area (Å²) in [5, 5.41) is 10.9. The third-order valence-electron chi connectivity index (χ3n) is 3.15.